The Morgan fingerprint density at radius 3 is 2.68 bits per heavy atom. The standard InChI is InChI=1S/C13H16N2O4/c1-19-10-6-8(14)4-5-9(10)12(16)15-11(13(17)18)7-2-3-7/h4-7,11H,2-3,14H2,1H3,(H,15,16)(H,17,18). The number of carbonyl (C=O) groups excluding carboxylic acids is 1. The summed E-state index contributed by atoms with van der Waals surface area (Å²) in [5.41, 5.74) is 6.36. The second-order valence-corrected chi connectivity index (χ2v) is 4.59. The molecule has 1 atom stereocenters. The lowest BCUT2D eigenvalue weighted by Gasteiger charge is -2.15. The van der Waals surface area contributed by atoms with Crippen LogP contribution in [0.5, 0.6) is 5.75 Å². The maximum absolute atomic E-state index is 12.1. The number of amides is 1. The van der Waals surface area contributed by atoms with Gasteiger partial charge < -0.3 is 20.9 Å². The molecule has 1 amide bonds. The third-order valence-electron chi connectivity index (χ3n) is 3.12. The number of carboxylic acids is 1. The summed E-state index contributed by atoms with van der Waals surface area (Å²) >= 11 is 0. The van der Waals surface area contributed by atoms with E-state index in [-0.39, 0.29) is 11.5 Å². The normalized spacial score (nSPS) is 15.6. The summed E-state index contributed by atoms with van der Waals surface area (Å²) in [5.74, 6) is -1.11. The van der Waals surface area contributed by atoms with Crippen LogP contribution in [0.25, 0.3) is 0 Å². The predicted molar refractivity (Wildman–Crippen MR) is 69.0 cm³/mol. The molecule has 6 nitrogen and oxygen atoms in total. The van der Waals surface area contributed by atoms with Gasteiger partial charge in [-0.1, -0.05) is 0 Å². The first-order chi connectivity index (χ1) is 9.02. The molecule has 0 saturated heterocycles. The zero-order valence-corrected chi connectivity index (χ0v) is 10.6. The van der Waals surface area contributed by atoms with Gasteiger partial charge in [-0.05, 0) is 30.9 Å². The van der Waals surface area contributed by atoms with Crippen molar-refractivity contribution in [3.05, 3.63) is 23.8 Å². The minimum absolute atomic E-state index is 0.0289. The monoisotopic (exact) mass is 264 g/mol. The van der Waals surface area contributed by atoms with E-state index in [2.05, 4.69) is 5.32 Å². The number of nitrogens with one attached hydrogen (secondary N) is 1. The Hall–Kier alpha value is -2.24. The lowest BCUT2D eigenvalue weighted by Crippen LogP contribution is -2.42. The van der Waals surface area contributed by atoms with Gasteiger partial charge in [0.15, 0.2) is 0 Å². The maximum atomic E-state index is 12.1. The minimum atomic E-state index is -1.01. The molecule has 102 valence electrons. The molecule has 1 aromatic rings. The van der Waals surface area contributed by atoms with Gasteiger partial charge in [0.25, 0.3) is 5.91 Å². The van der Waals surface area contributed by atoms with Crippen LogP contribution in [0.15, 0.2) is 18.2 Å². The number of carboxylic acid groups (broad SMARTS) is 1. The van der Waals surface area contributed by atoms with E-state index in [4.69, 9.17) is 15.6 Å². The quantitative estimate of drug-likeness (QED) is 0.685. The molecule has 1 aromatic carbocycles. The van der Waals surface area contributed by atoms with Gasteiger partial charge in [0.2, 0.25) is 0 Å². The van der Waals surface area contributed by atoms with Gasteiger partial charge in [0.1, 0.15) is 11.8 Å². The molecule has 0 aliphatic heterocycles. The highest BCUT2D eigenvalue weighted by atomic mass is 16.5. The third kappa shape index (κ3) is 2.96. The summed E-state index contributed by atoms with van der Waals surface area (Å²) in [5, 5.41) is 11.6. The summed E-state index contributed by atoms with van der Waals surface area (Å²) in [6.07, 6.45) is 1.66. The molecular weight excluding hydrogens is 248 g/mol. The van der Waals surface area contributed by atoms with Crippen LogP contribution in [0.4, 0.5) is 5.69 Å². The average molecular weight is 264 g/mol. The fourth-order valence-electron chi connectivity index (χ4n) is 1.93. The van der Waals surface area contributed by atoms with Crippen LogP contribution in [0.2, 0.25) is 0 Å². The van der Waals surface area contributed by atoms with E-state index in [0.717, 1.165) is 12.8 Å². The maximum Gasteiger partial charge on any atom is 0.326 e. The lowest BCUT2D eigenvalue weighted by molar-refractivity contribution is -0.139. The molecule has 0 heterocycles. The van der Waals surface area contributed by atoms with Crippen molar-refractivity contribution in [2.24, 2.45) is 5.92 Å². The van der Waals surface area contributed by atoms with E-state index >= 15 is 0 Å². The van der Waals surface area contributed by atoms with E-state index in [0.29, 0.717) is 11.4 Å². The van der Waals surface area contributed by atoms with Crippen LogP contribution in [-0.4, -0.2) is 30.1 Å². The molecule has 19 heavy (non-hydrogen) atoms. The Morgan fingerprint density at radius 2 is 2.16 bits per heavy atom. The molecule has 1 fully saturated rings. The van der Waals surface area contributed by atoms with Crippen LogP contribution in [0.3, 0.4) is 0 Å². The summed E-state index contributed by atoms with van der Waals surface area (Å²) in [6.45, 7) is 0. The highest BCUT2D eigenvalue weighted by Gasteiger charge is 2.37. The molecular formula is C13H16N2O4. The number of ether oxygens (including phenoxy) is 1. The van der Waals surface area contributed by atoms with Crippen molar-refractivity contribution in [1.29, 1.82) is 0 Å². The van der Waals surface area contributed by atoms with Crippen LogP contribution in [0, 0.1) is 5.92 Å². The van der Waals surface area contributed by atoms with Crippen molar-refractivity contribution in [2.75, 3.05) is 12.8 Å². The highest BCUT2D eigenvalue weighted by molar-refractivity contribution is 5.99. The zero-order chi connectivity index (χ0) is 14.0. The molecule has 1 aliphatic rings. The molecule has 0 bridgehead atoms. The van der Waals surface area contributed by atoms with Gasteiger partial charge in [0, 0.05) is 11.8 Å². The van der Waals surface area contributed by atoms with E-state index in [1.54, 1.807) is 6.07 Å². The number of rotatable bonds is 5. The fraction of sp³-hybridized carbons (Fsp3) is 0.385. The SMILES string of the molecule is COc1cc(N)ccc1C(=O)NC(C(=O)O)C1CC1. The summed E-state index contributed by atoms with van der Waals surface area (Å²) < 4.78 is 5.08. The smallest absolute Gasteiger partial charge is 0.326 e. The first-order valence-electron chi connectivity index (χ1n) is 6.00. The second kappa shape index (κ2) is 5.17. The molecule has 0 radical (unpaired) electrons. The number of methoxy groups -OCH3 is 1. The van der Waals surface area contributed by atoms with Gasteiger partial charge in [-0.2, -0.15) is 0 Å². The molecule has 2 rings (SSSR count). The number of hydrogen-bond donors (Lipinski definition) is 3. The molecule has 0 aromatic heterocycles. The largest absolute Gasteiger partial charge is 0.496 e. The van der Waals surface area contributed by atoms with E-state index in [9.17, 15) is 9.59 Å². The van der Waals surface area contributed by atoms with Crippen LogP contribution in [0.1, 0.15) is 23.2 Å². The molecule has 6 heteroatoms. The van der Waals surface area contributed by atoms with Gasteiger partial charge >= 0.3 is 5.97 Å². The summed E-state index contributed by atoms with van der Waals surface area (Å²) in [4.78, 5) is 23.2. The molecule has 1 saturated carbocycles. The van der Waals surface area contributed by atoms with E-state index in [1.165, 1.54) is 19.2 Å². The van der Waals surface area contributed by atoms with E-state index in [1.807, 2.05) is 0 Å². The third-order valence-corrected chi connectivity index (χ3v) is 3.12. The molecule has 0 spiro atoms. The summed E-state index contributed by atoms with van der Waals surface area (Å²) in [7, 11) is 1.43. The van der Waals surface area contributed by atoms with Crippen molar-refractivity contribution in [3.8, 4) is 5.75 Å². The Morgan fingerprint density at radius 1 is 1.47 bits per heavy atom. The number of carbonyl (C=O) groups is 2. The molecule has 1 unspecified atom stereocenters. The lowest BCUT2D eigenvalue weighted by atomic mass is 10.1. The number of anilines is 1. The highest BCUT2D eigenvalue weighted by Crippen LogP contribution is 2.33. The van der Waals surface area contributed by atoms with Crippen molar-refractivity contribution in [2.45, 2.75) is 18.9 Å². The number of nitrogen functional groups attached to an aromatic ring is 1. The van der Waals surface area contributed by atoms with Crippen molar-refractivity contribution in [3.63, 3.8) is 0 Å². The number of benzene rings is 1. The topological polar surface area (TPSA) is 102 Å². The first-order valence-corrected chi connectivity index (χ1v) is 6.00. The average Bonchev–Trinajstić information content (AvgIpc) is 3.19. The van der Waals surface area contributed by atoms with Crippen LogP contribution < -0.4 is 15.8 Å². The number of nitrogens with two attached hydrogens (primary N) is 1. The van der Waals surface area contributed by atoms with Gasteiger partial charge in [0.05, 0.1) is 12.7 Å². The molecule has 4 N–H and O–H groups in total. The Balaban J connectivity index is 2.17. The van der Waals surface area contributed by atoms with Gasteiger partial charge in [-0.25, -0.2) is 4.79 Å². The van der Waals surface area contributed by atoms with Crippen LogP contribution >= 0.6 is 0 Å². The Bertz CT molecular complexity index is 511. The minimum Gasteiger partial charge on any atom is -0.496 e. The first kappa shape index (κ1) is 13.2. The predicted octanol–water partition coefficient (Wildman–Crippen LogP) is 0.870. The summed E-state index contributed by atoms with van der Waals surface area (Å²) in [6, 6.07) is 3.79. The van der Waals surface area contributed by atoms with Crippen LogP contribution in [-0.2, 0) is 4.79 Å². The Labute approximate surface area is 110 Å². The van der Waals surface area contributed by atoms with Crippen molar-refractivity contribution >= 4 is 17.6 Å². The molecule has 1 aliphatic carbocycles. The van der Waals surface area contributed by atoms with Crippen molar-refractivity contribution in [1.82, 2.24) is 5.32 Å². The van der Waals surface area contributed by atoms with Crippen molar-refractivity contribution < 1.29 is 19.4 Å². The van der Waals surface area contributed by atoms with E-state index < -0.39 is 17.9 Å². The fourth-order valence-corrected chi connectivity index (χ4v) is 1.93. The number of aliphatic carboxylic acids is 1. The van der Waals surface area contributed by atoms with Gasteiger partial charge in [-0.15, -0.1) is 0 Å². The zero-order valence-electron chi connectivity index (χ0n) is 10.6. The number of hydrogen-bond acceptors (Lipinski definition) is 4. The second-order valence-electron chi connectivity index (χ2n) is 4.59. The Kier molecular flexibility index (Phi) is 3.59. The van der Waals surface area contributed by atoms with Gasteiger partial charge in [-0.3, -0.25) is 4.79 Å².